The Morgan fingerprint density at radius 1 is 1.53 bits per heavy atom. The van der Waals surface area contributed by atoms with Crippen LogP contribution in [0.25, 0.3) is 0 Å². The van der Waals surface area contributed by atoms with Crippen molar-refractivity contribution in [2.45, 2.75) is 31.7 Å². The van der Waals surface area contributed by atoms with Crippen LogP contribution in [0.5, 0.6) is 0 Å². The van der Waals surface area contributed by atoms with Crippen LogP contribution in [0.15, 0.2) is 0 Å². The topological polar surface area (TPSA) is 55.6 Å². The van der Waals surface area contributed by atoms with E-state index in [4.69, 9.17) is 0 Å². The summed E-state index contributed by atoms with van der Waals surface area (Å²) in [5.41, 5.74) is 0. The zero-order chi connectivity index (χ0) is 12.1. The standard InChI is InChI=1S/C10H19N5S2/c1-3-11-8(2)10-12-13-14-15(10)6-9-7-16-4-5-17-9/h8-9,11H,3-7H2,1-2H3. The van der Waals surface area contributed by atoms with E-state index in [9.17, 15) is 0 Å². The van der Waals surface area contributed by atoms with Crippen LogP contribution in [0.1, 0.15) is 25.7 Å². The molecule has 1 N–H and O–H groups in total. The Balaban J connectivity index is 1.97. The number of nitrogens with one attached hydrogen (secondary N) is 1. The average Bonchev–Trinajstić information content (AvgIpc) is 2.79. The average molecular weight is 273 g/mol. The Hall–Kier alpha value is -0.270. The molecule has 2 unspecified atom stereocenters. The molecule has 1 aromatic heterocycles. The van der Waals surface area contributed by atoms with Crippen molar-refractivity contribution in [2.24, 2.45) is 0 Å². The monoisotopic (exact) mass is 273 g/mol. The van der Waals surface area contributed by atoms with E-state index >= 15 is 0 Å². The predicted molar refractivity (Wildman–Crippen MR) is 73.5 cm³/mol. The highest BCUT2D eigenvalue weighted by Gasteiger charge is 2.19. The third-order valence-corrected chi connectivity index (χ3v) is 5.55. The lowest BCUT2D eigenvalue weighted by Gasteiger charge is -2.21. The summed E-state index contributed by atoms with van der Waals surface area (Å²) in [6.45, 7) is 6.06. The minimum Gasteiger partial charge on any atom is -0.308 e. The van der Waals surface area contributed by atoms with Crippen molar-refractivity contribution in [1.82, 2.24) is 25.5 Å². The third-order valence-electron chi connectivity index (χ3n) is 2.72. The number of thioether (sulfide) groups is 2. The second kappa shape index (κ2) is 6.61. The van der Waals surface area contributed by atoms with Gasteiger partial charge in [0, 0.05) is 22.5 Å². The summed E-state index contributed by atoms with van der Waals surface area (Å²) < 4.78 is 1.96. The molecule has 1 aliphatic rings. The lowest BCUT2D eigenvalue weighted by atomic mass is 10.3. The van der Waals surface area contributed by atoms with Gasteiger partial charge in [0.2, 0.25) is 0 Å². The molecule has 1 saturated heterocycles. The molecule has 2 heterocycles. The maximum atomic E-state index is 4.12. The van der Waals surface area contributed by atoms with E-state index < -0.39 is 0 Å². The van der Waals surface area contributed by atoms with E-state index in [0.717, 1.165) is 18.9 Å². The molecule has 0 bridgehead atoms. The van der Waals surface area contributed by atoms with Crippen molar-refractivity contribution in [3.8, 4) is 0 Å². The van der Waals surface area contributed by atoms with Gasteiger partial charge in [-0.15, -0.1) is 5.10 Å². The summed E-state index contributed by atoms with van der Waals surface area (Å²) in [6.07, 6.45) is 0. The van der Waals surface area contributed by atoms with Gasteiger partial charge in [0.1, 0.15) is 0 Å². The molecule has 0 aliphatic carbocycles. The van der Waals surface area contributed by atoms with Crippen LogP contribution in [0.2, 0.25) is 0 Å². The SMILES string of the molecule is CCNC(C)c1nnnn1CC1CSCCS1. The van der Waals surface area contributed by atoms with Crippen molar-refractivity contribution in [3.63, 3.8) is 0 Å². The minimum atomic E-state index is 0.219. The van der Waals surface area contributed by atoms with E-state index in [2.05, 4.69) is 34.7 Å². The molecule has 1 aromatic rings. The van der Waals surface area contributed by atoms with Crippen LogP contribution in [0, 0.1) is 0 Å². The number of nitrogens with zero attached hydrogens (tertiary/aromatic N) is 4. The van der Waals surface area contributed by atoms with Gasteiger partial charge in [0.05, 0.1) is 12.6 Å². The Morgan fingerprint density at radius 2 is 2.41 bits per heavy atom. The van der Waals surface area contributed by atoms with Gasteiger partial charge in [-0.25, -0.2) is 4.68 Å². The maximum Gasteiger partial charge on any atom is 0.167 e. The van der Waals surface area contributed by atoms with Gasteiger partial charge in [0.15, 0.2) is 5.82 Å². The van der Waals surface area contributed by atoms with Crippen molar-refractivity contribution >= 4 is 23.5 Å². The van der Waals surface area contributed by atoms with Crippen molar-refractivity contribution < 1.29 is 0 Å². The van der Waals surface area contributed by atoms with Crippen LogP contribution in [0.4, 0.5) is 0 Å². The fraction of sp³-hybridized carbons (Fsp3) is 0.900. The van der Waals surface area contributed by atoms with E-state index in [1.54, 1.807) is 0 Å². The maximum absolute atomic E-state index is 4.12. The summed E-state index contributed by atoms with van der Waals surface area (Å²) >= 11 is 4.07. The van der Waals surface area contributed by atoms with E-state index in [0.29, 0.717) is 5.25 Å². The Kier molecular flexibility index (Phi) is 5.12. The summed E-state index contributed by atoms with van der Waals surface area (Å²) in [4.78, 5) is 0. The number of tetrazole rings is 1. The van der Waals surface area contributed by atoms with Gasteiger partial charge >= 0.3 is 0 Å². The Bertz CT molecular complexity index is 337. The smallest absolute Gasteiger partial charge is 0.167 e. The summed E-state index contributed by atoms with van der Waals surface area (Å²) in [7, 11) is 0. The minimum absolute atomic E-state index is 0.219. The fourth-order valence-corrected chi connectivity index (χ4v) is 4.53. The molecule has 2 atom stereocenters. The molecule has 0 saturated carbocycles. The first-order chi connectivity index (χ1) is 8.31. The molecule has 0 spiro atoms. The Labute approximate surface area is 110 Å². The first-order valence-corrected chi connectivity index (χ1v) is 8.20. The van der Waals surface area contributed by atoms with Crippen LogP contribution in [-0.4, -0.2) is 49.3 Å². The van der Waals surface area contributed by atoms with Gasteiger partial charge < -0.3 is 5.32 Å². The van der Waals surface area contributed by atoms with Gasteiger partial charge in [-0.3, -0.25) is 0 Å². The third kappa shape index (κ3) is 3.59. The highest BCUT2D eigenvalue weighted by molar-refractivity contribution is 8.06. The highest BCUT2D eigenvalue weighted by Crippen LogP contribution is 2.25. The summed E-state index contributed by atoms with van der Waals surface area (Å²) in [6, 6.07) is 0.219. The molecule has 1 aliphatic heterocycles. The van der Waals surface area contributed by atoms with E-state index in [1.165, 1.54) is 17.3 Å². The number of hydrogen-bond acceptors (Lipinski definition) is 6. The number of aromatic nitrogens is 4. The summed E-state index contributed by atoms with van der Waals surface area (Å²) in [5, 5.41) is 16.0. The quantitative estimate of drug-likeness (QED) is 0.870. The largest absolute Gasteiger partial charge is 0.308 e. The van der Waals surface area contributed by atoms with Gasteiger partial charge in [-0.2, -0.15) is 23.5 Å². The van der Waals surface area contributed by atoms with Crippen LogP contribution in [0.3, 0.4) is 0 Å². The number of rotatable bonds is 5. The first kappa shape index (κ1) is 13.2. The number of hydrogen-bond donors (Lipinski definition) is 1. The molecular formula is C10H19N5S2. The van der Waals surface area contributed by atoms with Gasteiger partial charge in [0.25, 0.3) is 0 Å². The van der Waals surface area contributed by atoms with Gasteiger partial charge in [-0.1, -0.05) is 6.92 Å². The molecule has 0 aromatic carbocycles. The first-order valence-electron chi connectivity index (χ1n) is 6.00. The molecule has 2 rings (SSSR count). The molecule has 17 heavy (non-hydrogen) atoms. The fourth-order valence-electron chi connectivity index (χ4n) is 1.88. The van der Waals surface area contributed by atoms with Crippen molar-refractivity contribution in [2.75, 3.05) is 23.8 Å². The molecule has 5 nitrogen and oxygen atoms in total. The predicted octanol–water partition coefficient (Wildman–Crippen LogP) is 1.19. The van der Waals surface area contributed by atoms with Crippen LogP contribution >= 0.6 is 23.5 Å². The van der Waals surface area contributed by atoms with Crippen LogP contribution < -0.4 is 5.32 Å². The lowest BCUT2D eigenvalue weighted by molar-refractivity contribution is 0.496. The molecule has 96 valence electrons. The van der Waals surface area contributed by atoms with Gasteiger partial charge in [-0.05, 0) is 23.9 Å². The molecule has 0 amide bonds. The highest BCUT2D eigenvalue weighted by atomic mass is 32.2. The molecule has 7 heteroatoms. The van der Waals surface area contributed by atoms with Crippen LogP contribution in [-0.2, 0) is 6.54 Å². The zero-order valence-electron chi connectivity index (χ0n) is 10.3. The molecular weight excluding hydrogens is 254 g/mol. The van der Waals surface area contributed by atoms with E-state index in [-0.39, 0.29) is 6.04 Å². The van der Waals surface area contributed by atoms with Crippen molar-refractivity contribution in [3.05, 3.63) is 5.82 Å². The molecule has 0 radical (unpaired) electrons. The van der Waals surface area contributed by atoms with E-state index in [1.807, 2.05) is 28.2 Å². The normalized spacial score (nSPS) is 22.6. The second-order valence-corrected chi connectivity index (χ2v) is 6.62. The summed E-state index contributed by atoms with van der Waals surface area (Å²) in [5.74, 6) is 4.68. The second-order valence-electron chi connectivity index (χ2n) is 4.07. The Morgan fingerprint density at radius 3 is 3.12 bits per heavy atom. The molecule has 1 fully saturated rings. The zero-order valence-corrected chi connectivity index (χ0v) is 11.9. The van der Waals surface area contributed by atoms with Crippen molar-refractivity contribution in [1.29, 1.82) is 0 Å². The lowest BCUT2D eigenvalue weighted by Crippen LogP contribution is -2.26.